The van der Waals surface area contributed by atoms with E-state index in [0.29, 0.717) is 5.69 Å². The number of fused-ring (bicyclic) bond motifs is 2. The van der Waals surface area contributed by atoms with Crippen molar-refractivity contribution in [3.63, 3.8) is 0 Å². The Kier molecular flexibility index (Phi) is 3.64. The van der Waals surface area contributed by atoms with Crippen molar-refractivity contribution in [1.82, 2.24) is 4.98 Å². The molecule has 7 heteroatoms. The highest BCUT2D eigenvalue weighted by Gasteiger charge is 2.30. The molecule has 4 nitrogen and oxygen atoms in total. The fourth-order valence-electron chi connectivity index (χ4n) is 2.77. The zero-order valence-corrected chi connectivity index (χ0v) is 13.2. The Morgan fingerprint density at radius 2 is 1.73 bits per heavy atom. The Bertz CT molecular complexity index is 1200. The summed E-state index contributed by atoms with van der Waals surface area (Å²) in [5, 5.41) is 14.3. The average Bonchev–Trinajstić information content (AvgIpc) is 2.65. The predicted octanol–water partition coefficient (Wildman–Crippen LogP) is 4.96. The lowest BCUT2D eigenvalue weighted by molar-refractivity contribution is -0.137. The molecule has 0 radical (unpaired) electrons. The van der Waals surface area contributed by atoms with E-state index >= 15 is 0 Å². The van der Waals surface area contributed by atoms with E-state index in [1.54, 1.807) is 12.3 Å². The summed E-state index contributed by atoms with van der Waals surface area (Å²) in [7, 11) is 0. The molecule has 2 aromatic carbocycles. The van der Waals surface area contributed by atoms with E-state index in [0.717, 1.165) is 22.9 Å². The minimum atomic E-state index is -4.50. The standard InChI is InChI=1S/C19H11F3N2O2/c20-19(21,22)13-5-6-17-14(8-13)15(24-25)9-18(26-17)16-7-11-3-1-2-4-12(11)10-23-16/h1-10,25H/b24-15+. The lowest BCUT2D eigenvalue weighted by atomic mass is 10.1. The van der Waals surface area contributed by atoms with Crippen LogP contribution in [0.1, 0.15) is 5.56 Å². The molecule has 0 aliphatic rings. The molecule has 4 aromatic rings. The maximum atomic E-state index is 12.9. The van der Waals surface area contributed by atoms with Gasteiger partial charge >= 0.3 is 6.18 Å². The van der Waals surface area contributed by atoms with Crippen LogP contribution in [0.3, 0.4) is 0 Å². The van der Waals surface area contributed by atoms with Gasteiger partial charge in [-0.3, -0.25) is 4.98 Å². The van der Waals surface area contributed by atoms with Crippen LogP contribution in [0.2, 0.25) is 0 Å². The van der Waals surface area contributed by atoms with Gasteiger partial charge in [-0.15, -0.1) is 0 Å². The van der Waals surface area contributed by atoms with Gasteiger partial charge in [0, 0.05) is 23.0 Å². The fraction of sp³-hybridized carbons (Fsp3) is 0.0526. The van der Waals surface area contributed by atoms with Crippen LogP contribution in [0, 0.1) is 0 Å². The molecule has 1 N–H and O–H groups in total. The zero-order valence-electron chi connectivity index (χ0n) is 13.2. The van der Waals surface area contributed by atoms with Crippen molar-refractivity contribution in [1.29, 1.82) is 0 Å². The number of pyridine rings is 1. The van der Waals surface area contributed by atoms with Gasteiger partial charge in [-0.1, -0.05) is 29.4 Å². The van der Waals surface area contributed by atoms with Crippen molar-refractivity contribution in [2.75, 3.05) is 0 Å². The molecule has 0 amide bonds. The van der Waals surface area contributed by atoms with Crippen molar-refractivity contribution < 1.29 is 22.8 Å². The number of halogens is 3. The molecular weight excluding hydrogens is 345 g/mol. The Morgan fingerprint density at radius 3 is 2.46 bits per heavy atom. The van der Waals surface area contributed by atoms with Gasteiger partial charge in [0.05, 0.1) is 5.56 Å². The highest BCUT2D eigenvalue weighted by atomic mass is 19.4. The van der Waals surface area contributed by atoms with E-state index < -0.39 is 11.7 Å². The first-order valence-electron chi connectivity index (χ1n) is 7.64. The van der Waals surface area contributed by atoms with Crippen molar-refractivity contribution in [3.05, 3.63) is 71.7 Å². The van der Waals surface area contributed by atoms with Crippen LogP contribution in [0.25, 0.3) is 33.2 Å². The van der Waals surface area contributed by atoms with Crippen LogP contribution in [-0.2, 0) is 6.18 Å². The highest BCUT2D eigenvalue weighted by Crippen LogP contribution is 2.31. The van der Waals surface area contributed by atoms with Crippen LogP contribution in [0.5, 0.6) is 0 Å². The third-order valence-corrected chi connectivity index (χ3v) is 4.06. The first-order valence-corrected chi connectivity index (χ1v) is 7.64. The van der Waals surface area contributed by atoms with Gasteiger partial charge in [0.2, 0.25) is 0 Å². The van der Waals surface area contributed by atoms with E-state index in [-0.39, 0.29) is 22.1 Å². The molecule has 0 unspecified atom stereocenters. The lowest BCUT2D eigenvalue weighted by Gasteiger charge is -2.09. The van der Waals surface area contributed by atoms with Crippen LogP contribution in [0.15, 0.2) is 70.4 Å². The van der Waals surface area contributed by atoms with Gasteiger partial charge in [0.25, 0.3) is 0 Å². The second-order valence-corrected chi connectivity index (χ2v) is 5.72. The van der Waals surface area contributed by atoms with Crippen molar-refractivity contribution in [2.45, 2.75) is 6.18 Å². The summed E-state index contributed by atoms with van der Waals surface area (Å²) in [6, 6.07) is 13.8. The monoisotopic (exact) mass is 356 g/mol. The lowest BCUT2D eigenvalue weighted by Crippen LogP contribution is -2.08. The molecule has 0 fully saturated rings. The van der Waals surface area contributed by atoms with Gasteiger partial charge in [0.15, 0.2) is 5.76 Å². The second-order valence-electron chi connectivity index (χ2n) is 5.72. The quantitative estimate of drug-likeness (QED) is 0.387. The molecule has 130 valence electrons. The molecule has 2 aromatic heterocycles. The first-order chi connectivity index (χ1) is 12.5. The topological polar surface area (TPSA) is 58.6 Å². The number of hydrogen-bond acceptors (Lipinski definition) is 4. The molecular formula is C19H11F3N2O2. The minimum absolute atomic E-state index is 0.0256. The summed E-state index contributed by atoms with van der Waals surface area (Å²) in [5.74, 6) is 0.288. The van der Waals surface area contributed by atoms with Gasteiger partial charge in [0.1, 0.15) is 16.6 Å². The van der Waals surface area contributed by atoms with E-state index in [9.17, 15) is 18.4 Å². The van der Waals surface area contributed by atoms with Crippen molar-refractivity contribution >= 4 is 21.7 Å². The van der Waals surface area contributed by atoms with Crippen LogP contribution in [-0.4, -0.2) is 10.2 Å². The molecule has 0 spiro atoms. The Balaban J connectivity index is 1.93. The zero-order chi connectivity index (χ0) is 18.3. The molecule has 4 rings (SSSR count). The highest BCUT2D eigenvalue weighted by molar-refractivity contribution is 5.85. The summed E-state index contributed by atoms with van der Waals surface area (Å²) in [6.45, 7) is 0. The van der Waals surface area contributed by atoms with Crippen molar-refractivity contribution in [2.24, 2.45) is 5.16 Å². The van der Waals surface area contributed by atoms with E-state index in [1.165, 1.54) is 12.1 Å². The number of hydrogen-bond donors (Lipinski definition) is 1. The first kappa shape index (κ1) is 16.1. The predicted molar refractivity (Wildman–Crippen MR) is 89.3 cm³/mol. The Labute approximate surface area is 144 Å². The molecule has 0 atom stereocenters. The third kappa shape index (κ3) is 2.77. The molecule has 0 bridgehead atoms. The summed E-state index contributed by atoms with van der Waals surface area (Å²) in [4.78, 5) is 4.32. The minimum Gasteiger partial charge on any atom is -0.454 e. The fourth-order valence-corrected chi connectivity index (χ4v) is 2.77. The van der Waals surface area contributed by atoms with Gasteiger partial charge in [-0.2, -0.15) is 13.2 Å². The molecule has 2 heterocycles. The smallest absolute Gasteiger partial charge is 0.416 e. The van der Waals surface area contributed by atoms with Crippen molar-refractivity contribution in [3.8, 4) is 11.5 Å². The van der Waals surface area contributed by atoms with Crippen LogP contribution < -0.4 is 5.36 Å². The van der Waals surface area contributed by atoms with E-state index in [1.807, 2.05) is 24.3 Å². The summed E-state index contributed by atoms with van der Waals surface area (Å²) in [6.07, 6.45) is -2.83. The largest absolute Gasteiger partial charge is 0.454 e. The Morgan fingerprint density at radius 1 is 0.962 bits per heavy atom. The molecule has 0 aliphatic heterocycles. The maximum absolute atomic E-state index is 12.9. The third-order valence-electron chi connectivity index (χ3n) is 4.06. The average molecular weight is 356 g/mol. The maximum Gasteiger partial charge on any atom is 0.416 e. The molecule has 26 heavy (non-hydrogen) atoms. The molecule has 0 saturated carbocycles. The second kappa shape index (κ2) is 5.87. The SMILES string of the molecule is O/N=c1\cc(-c2cc3ccccc3cn2)oc2ccc(C(F)(F)F)cc12. The summed E-state index contributed by atoms with van der Waals surface area (Å²) >= 11 is 0. The van der Waals surface area contributed by atoms with Gasteiger partial charge < -0.3 is 9.62 Å². The Hall–Kier alpha value is -3.35. The van der Waals surface area contributed by atoms with E-state index in [4.69, 9.17) is 4.42 Å². The van der Waals surface area contributed by atoms with Crippen LogP contribution in [0.4, 0.5) is 13.2 Å². The van der Waals surface area contributed by atoms with E-state index in [2.05, 4.69) is 10.1 Å². The van der Waals surface area contributed by atoms with Crippen LogP contribution >= 0.6 is 0 Å². The normalized spacial score (nSPS) is 12.8. The number of rotatable bonds is 1. The number of aromatic nitrogens is 1. The number of alkyl halides is 3. The summed E-state index contributed by atoms with van der Waals surface area (Å²) < 4.78 is 44.4. The van der Waals surface area contributed by atoms with Gasteiger partial charge in [-0.25, -0.2) is 0 Å². The number of nitrogens with zero attached hydrogens (tertiary/aromatic N) is 2. The summed E-state index contributed by atoms with van der Waals surface area (Å²) in [5.41, 5.74) is -0.199. The number of benzene rings is 2. The van der Waals surface area contributed by atoms with Gasteiger partial charge in [-0.05, 0) is 29.7 Å². The molecule has 0 aliphatic carbocycles. The molecule has 0 saturated heterocycles.